The number of amides is 2. The molecule has 0 aliphatic carbocycles. The van der Waals surface area contributed by atoms with Gasteiger partial charge in [0.2, 0.25) is 0 Å². The number of carboxylic acid groups (broad SMARTS) is 1. The van der Waals surface area contributed by atoms with E-state index in [4.69, 9.17) is 4.74 Å². The summed E-state index contributed by atoms with van der Waals surface area (Å²) in [5.41, 5.74) is 3.64. The zero-order valence-electron chi connectivity index (χ0n) is 21.2. The van der Waals surface area contributed by atoms with E-state index >= 15 is 0 Å². The monoisotopic (exact) mass is 488 g/mol. The Morgan fingerprint density at radius 2 is 1.61 bits per heavy atom. The molecule has 0 aliphatic rings. The fourth-order valence-electron chi connectivity index (χ4n) is 3.94. The first kappa shape index (κ1) is 26.8. The summed E-state index contributed by atoms with van der Waals surface area (Å²) in [6.07, 6.45) is 5.06. The van der Waals surface area contributed by atoms with Gasteiger partial charge in [0.15, 0.2) is 6.10 Å². The standard InChI is InChI=1S/C30H36N2O4/c1-3-4-5-6-10-20-31-30(35)32(2)26-13-11-12-25(22-26)24-18-16-23(17-19-24)21-28(29(33)34)36-27-14-8-7-9-15-27/h7-9,11-19,22,28H,3-6,10,20-21H2,1-2H3,(H,31,35)(H,33,34). The Bertz CT molecular complexity index is 1100. The summed E-state index contributed by atoms with van der Waals surface area (Å²) in [7, 11) is 1.77. The van der Waals surface area contributed by atoms with Crippen LogP contribution in [0.3, 0.4) is 0 Å². The molecule has 3 aromatic carbocycles. The summed E-state index contributed by atoms with van der Waals surface area (Å²) in [5, 5.41) is 12.6. The van der Waals surface area contributed by atoms with Gasteiger partial charge in [0.25, 0.3) is 0 Å². The van der Waals surface area contributed by atoms with Crippen LogP contribution in [0.1, 0.15) is 44.6 Å². The maximum absolute atomic E-state index is 12.6. The highest BCUT2D eigenvalue weighted by Crippen LogP contribution is 2.25. The normalized spacial score (nSPS) is 11.5. The van der Waals surface area contributed by atoms with Crippen LogP contribution in [0.2, 0.25) is 0 Å². The summed E-state index contributed by atoms with van der Waals surface area (Å²) >= 11 is 0. The second kappa shape index (κ2) is 13.9. The molecule has 0 aromatic heterocycles. The molecule has 3 aromatic rings. The molecule has 190 valence electrons. The number of rotatable bonds is 13. The van der Waals surface area contributed by atoms with Crippen LogP contribution in [0, 0.1) is 0 Å². The minimum atomic E-state index is -1.00. The first-order chi connectivity index (χ1) is 17.5. The summed E-state index contributed by atoms with van der Waals surface area (Å²) < 4.78 is 5.67. The summed E-state index contributed by atoms with van der Waals surface area (Å²) in [4.78, 5) is 25.9. The molecule has 3 rings (SSSR count). The number of para-hydroxylation sites is 1. The van der Waals surface area contributed by atoms with Crippen molar-refractivity contribution in [1.82, 2.24) is 5.32 Å². The van der Waals surface area contributed by atoms with Gasteiger partial charge in [-0.2, -0.15) is 0 Å². The van der Waals surface area contributed by atoms with Crippen LogP contribution in [0.15, 0.2) is 78.9 Å². The van der Waals surface area contributed by atoms with Crippen LogP contribution in [0.4, 0.5) is 10.5 Å². The van der Waals surface area contributed by atoms with Crippen LogP contribution in [-0.2, 0) is 11.2 Å². The zero-order valence-corrected chi connectivity index (χ0v) is 21.2. The van der Waals surface area contributed by atoms with Crippen LogP contribution in [-0.4, -0.2) is 36.8 Å². The maximum Gasteiger partial charge on any atom is 0.345 e. The molecular weight excluding hydrogens is 452 g/mol. The molecule has 2 N–H and O–H groups in total. The highest BCUT2D eigenvalue weighted by Gasteiger charge is 2.20. The second-order valence-corrected chi connectivity index (χ2v) is 8.91. The third-order valence-electron chi connectivity index (χ3n) is 6.10. The van der Waals surface area contributed by atoms with Gasteiger partial charge in [-0.25, -0.2) is 9.59 Å². The fourth-order valence-corrected chi connectivity index (χ4v) is 3.94. The third kappa shape index (κ3) is 8.15. The number of urea groups is 1. The number of carboxylic acids is 1. The van der Waals surface area contributed by atoms with Gasteiger partial charge in [-0.1, -0.05) is 87.2 Å². The number of anilines is 1. The molecule has 36 heavy (non-hydrogen) atoms. The van der Waals surface area contributed by atoms with E-state index in [0.717, 1.165) is 35.2 Å². The van der Waals surface area contributed by atoms with Gasteiger partial charge in [0.1, 0.15) is 5.75 Å². The van der Waals surface area contributed by atoms with Crippen molar-refractivity contribution in [3.05, 3.63) is 84.4 Å². The van der Waals surface area contributed by atoms with Crippen LogP contribution in [0.25, 0.3) is 11.1 Å². The van der Waals surface area contributed by atoms with E-state index in [0.29, 0.717) is 12.3 Å². The predicted octanol–water partition coefficient (Wildman–Crippen LogP) is 6.54. The number of hydrogen-bond donors (Lipinski definition) is 2. The molecule has 0 radical (unpaired) electrons. The molecule has 6 heteroatoms. The molecule has 1 atom stereocenters. The number of hydrogen-bond acceptors (Lipinski definition) is 3. The lowest BCUT2D eigenvalue weighted by Gasteiger charge is -2.19. The van der Waals surface area contributed by atoms with Gasteiger partial charge in [0.05, 0.1) is 0 Å². The smallest absolute Gasteiger partial charge is 0.345 e. The molecule has 6 nitrogen and oxygen atoms in total. The molecule has 0 fully saturated rings. The average molecular weight is 489 g/mol. The van der Waals surface area contributed by atoms with Gasteiger partial charge in [-0.05, 0) is 47.4 Å². The minimum Gasteiger partial charge on any atom is -0.478 e. The minimum absolute atomic E-state index is 0.115. The van der Waals surface area contributed by atoms with Crippen molar-refractivity contribution < 1.29 is 19.4 Å². The lowest BCUT2D eigenvalue weighted by molar-refractivity contribution is -0.145. The van der Waals surface area contributed by atoms with Crippen molar-refractivity contribution in [3.63, 3.8) is 0 Å². The molecule has 2 amide bonds. The fraction of sp³-hybridized carbons (Fsp3) is 0.333. The summed E-state index contributed by atoms with van der Waals surface area (Å²) in [5.74, 6) is -0.471. The van der Waals surface area contributed by atoms with Crippen LogP contribution >= 0.6 is 0 Å². The Morgan fingerprint density at radius 1 is 0.889 bits per heavy atom. The molecule has 0 spiro atoms. The number of ether oxygens (including phenoxy) is 1. The Hall–Kier alpha value is -3.80. The van der Waals surface area contributed by atoms with E-state index in [2.05, 4.69) is 12.2 Å². The molecular formula is C30H36N2O4. The number of aliphatic carboxylic acids is 1. The Morgan fingerprint density at radius 3 is 2.31 bits per heavy atom. The van der Waals surface area contributed by atoms with Crippen molar-refractivity contribution in [2.24, 2.45) is 0 Å². The third-order valence-corrected chi connectivity index (χ3v) is 6.10. The van der Waals surface area contributed by atoms with Crippen LogP contribution in [0.5, 0.6) is 5.75 Å². The van der Waals surface area contributed by atoms with Crippen molar-refractivity contribution in [1.29, 1.82) is 0 Å². The molecule has 1 unspecified atom stereocenters. The van der Waals surface area contributed by atoms with E-state index in [1.807, 2.05) is 66.7 Å². The highest BCUT2D eigenvalue weighted by molar-refractivity contribution is 5.92. The van der Waals surface area contributed by atoms with Gasteiger partial charge < -0.3 is 15.2 Å². The van der Waals surface area contributed by atoms with E-state index in [9.17, 15) is 14.7 Å². The quantitative estimate of drug-likeness (QED) is 0.268. The van der Waals surface area contributed by atoms with Gasteiger partial charge in [-0.15, -0.1) is 0 Å². The Kier molecular flexibility index (Phi) is 10.4. The van der Waals surface area contributed by atoms with Gasteiger partial charge in [-0.3, -0.25) is 4.90 Å². The highest BCUT2D eigenvalue weighted by atomic mass is 16.5. The number of nitrogens with zero attached hydrogens (tertiary/aromatic N) is 1. The van der Waals surface area contributed by atoms with Gasteiger partial charge in [0, 0.05) is 25.7 Å². The first-order valence-corrected chi connectivity index (χ1v) is 12.6. The van der Waals surface area contributed by atoms with Crippen molar-refractivity contribution in [3.8, 4) is 16.9 Å². The van der Waals surface area contributed by atoms with Gasteiger partial charge >= 0.3 is 12.0 Å². The lowest BCUT2D eigenvalue weighted by Crippen LogP contribution is -2.37. The first-order valence-electron chi connectivity index (χ1n) is 12.6. The van der Waals surface area contributed by atoms with E-state index < -0.39 is 12.1 Å². The molecule has 0 aliphatic heterocycles. The molecule has 0 bridgehead atoms. The Labute approximate surface area is 213 Å². The largest absolute Gasteiger partial charge is 0.478 e. The van der Waals surface area contributed by atoms with Crippen molar-refractivity contribution >= 4 is 17.7 Å². The van der Waals surface area contributed by atoms with Crippen molar-refractivity contribution in [2.45, 2.75) is 51.6 Å². The Balaban J connectivity index is 1.60. The number of nitrogens with one attached hydrogen (secondary N) is 1. The van der Waals surface area contributed by atoms with E-state index in [1.165, 1.54) is 19.3 Å². The maximum atomic E-state index is 12.6. The predicted molar refractivity (Wildman–Crippen MR) is 145 cm³/mol. The van der Waals surface area contributed by atoms with Crippen LogP contribution < -0.4 is 15.0 Å². The number of carbonyl (C=O) groups excluding carboxylic acids is 1. The lowest BCUT2D eigenvalue weighted by atomic mass is 10.0. The molecule has 0 heterocycles. The number of carbonyl (C=O) groups is 2. The number of benzene rings is 3. The second-order valence-electron chi connectivity index (χ2n) is 8.91. The average Bonchev–Trinajstić information content (AvgIpc) is 2.90. The summed E-state index contributed by atoms with van der Waals surface area (Å²) in [6.45, 7) is 2.87. The zero-order chi connectivity index (χ0) is 25.8. The molecule has 0 saturated carbocycles. The summed E-state index contributed by atoms with van der Waals surface area (Å²) in [6, 6.07) is 24.4. The molecule has 0 saturated heterocycles. The number of unbranched alkanes of at least 4 members (excludes halogenated alkanes) is 4. The van der Waals surface area contributed by atoms with Crippen molar-refractivity contribution in [2.75, 3.05) is 18.5 Å². The van der Waals surface area contributed by atoms with E-state index in [-0.39, 0.29) is 12.5 Å². The SMILES string of the molecule is CCCCCCCNC(=O)N(C)c1cccc(-c2ccc(CC(Oc3ccccc3)C(=O)O)cc2)c1. The van der Waals surface area contributed by atoms with E-state index in [1.54, 1.807) is 24.1 Å². The topological polar surface area (TPSA) is 78.9 Å².